The van der Waals surface area contributed by atoms with Gasteiger partial charge in [0.15, 0.2) is 5.82 Å². The van der Waals surface area contributed by atoms with E-state index in [0.29, 0.717) is 22.5 Å². The Labute approximate surface area is 145 Å². The zero-order chi connectivity index (χ0) is 18.0. The maximum Gasteiger partial charge on any atom is 0.151 e. The van der Waals surface area contributed by atoms with E-state index >= 15 is 0 Å². The van der Waals surface area contributed by atoms with Gasteiger partial charge in [0.05, 0.1) is 11.1 Å². The highest BCUT2D eigenvalue weighted by Gasteiger charge is 2.45. The lowest BCUT2D eigenvalue weighted by Gasteiger charge is -2.44. The van der Waals surface area contributed by atoms with E-state index in [1.54, 1.807) is 29.1 Å². The molecule has 25 heavy (non-hydrogen) atoms. The minimum atomic E-state index is -0.540. The lowest BCUT2D eigenvalue weighted by molar-refractivity contribution is 0.292. The number of hydrogen-bond donors (Lipinski definition) is 0. The molecule has 1 aromatic heterocycles. The van der Waals surface area contributed by atoms with E-state index in [9.17, 15) is 8.78 Å². The van der Waals surface area contributed by atoms with Crippen molar-refractivity contribution in [3.63, 3.8) is 0 Å². The van der Waals surface area contributed by atoms with Crippen molar-refractivity contribution in [2.75, 3.05) is 0 Å². The van der Waals surface area contributed by atoms with Gasteiger partial charge in [-0.1, -0.05) is 32.0 Å². The van der Waals surface area contributed by atoms with Gasteiger partial charge in [0.25, 0.3) is 0 Å². The van der Waals surface area contributed by atoms with Crippen LogP contribution in [0.4, 0.5) is 8.78 Å². The summed E-state index contributed by atoms with van der Waals surface area (Å²) in [6.45, 7) is 7.98. The van der Waals surface area contributed by atoms with E-state index in [2.05, 4.69) is 4.98 Å². The predicted molar refractivity (Wildman–Crippen MR) is 95.1 cm³/mol. The number of benzene rings is 2. The first kappa shape index (κ1) is 15.9. The van der Waals surface area contributed by atoms with Gasteiger partial charge in [-0.05, 0) is 32.0 Å². The molecule has 0 amide bonds. The van der Waals surface area contributed by atoms with Gasteiger partial charge in [0, 0.05) is 16.5 Å². The standard InChI is InChI=1S/C20H19F2N3/c1-19(2)16-12(7-5-8-13(16)21)18(24-20(19,3)4)25-11-23-17-14(22)9-6-10-15(17)25/h5-11H,1-4H3. The van der Waals surface area contributed by atoms with E-state index in [-0.39, 0.29) is 17.2 Å². The van der Waals surface area contributed by atoms with Gasteiger partial charge >= 0.3 is 0 Å². The molecule has 0 N–H and O–H groups in total. The molecule has 2 aromatic carbocycles. The fraction of sp³-hybridized carbons (Fsp3) is 0.300. The Kier molecular flexibility index (Phi) is 3.17. The van der Waals surface area contributed by atoms with Crippen molar-refractivity contribution < 1.29 is 8.78 Å². The molecule has 2 heterocycles. The Balaban J connectivity index is 2.07. The second-order valence-corrected chi connectivity index (χ2v) is 7.50. The number of aliphatic imine (C=N–C) groups is 1. The van der Waals surface area contributed by atoms with Gasteiger partial charge in [-0.25, -0.2) is 13.8 Å². The molecule has 0 saturated carbocycles. The molecule has 0 bridgehead atoms. The average Bonchev–Trinajstić information content (AvgIpc) is 2.96. The number of nitrogens with zero attached hydrogens (tertiary/aromatic N) is 3. The molecule has 0 aliphatic carbocycles. The molecule has 1 aliphatic rings. The quantitative estimate of drug-likeness (QED) is 0.585. The van der Waals surface area contributed by atoms with Crippen molar-refractivity contribution >= 4 is 16.9 Å². The molecular formula is C20H19F2N3. The van der Waals surface area contributed by atoms with Crippen molar-refractivity contribution in [1.29, 1.82) is 0 Å². The number of hydrogen-bond acceptors (Lipinski definition) is 2. The fourth-order valence-electron chi connectivity index (χ4n) is 3.47. The number of imidazole rings is 1. The van der Waals surface area contributed by atoms with Gasteiger partial charge in [-0.3, -0.25) is 9.56 Å². The maximum absolute atomic E-state index is 14.8. The zero-order valence-corrected chi connectivity index (χ0v) is 14.6. The number of fused-ring (bicyclic) bond motifs is 2. The summed E-state index contributed by atoms with van der Waals surface area (Å²) in [7, 11) is 0. The van der Waals surface area contributed by atoms with Crippen LogP contribution in [-0.2, 0) is 5.41 Å². The van der Waals surface area contributed by atoms with Crippen LogP contribution in [0, 0.1) is 11.6 Å². The normalized spacial score (nSPS) is 18.1. The number of aromatic nitrogens is 2. The summed E-state index contributed by atoms with van der Waals surface area (Å²) in [5, 5.41) is 0. The first-order valence-corrected chi connectivity index (χ1v) is 8.25. The van der Waals surface area contributed by atoms with Crippen LogP contribution < -0.4 is 0 Å². The SMILES string of the molecule is CC1(C)N=C(n2cnc3c(F)cccc32)c2cccc(F)c2C1(C)C. The molecule has 0 radical (unpaired) electrons. The Morgan fingerprint density at radius 1 is 0.920 bits per heavy atom. The van der Waals surface area contributed by atoms with Crippen molar-refractivity contribution in [2.24, 2.45) is 4.99 Å². The number of para-hydroxylation sites is 1. The molecular weight excluding hydrogens is 320 g/mol. The molecule has 3 aromatic rings. The van der Waals surface area contributed by atoms with E-state index < -0.39 is 11.0 Å². The van der Waals surface area contributed by atoms with Crippen molar-refractivity contribution in [2.45, 2.75) is 38.6 Å². The minimum absolute atomic E-state index is 0.251. The lowest BCUT2D eigenvalue weighted by Crippen LogP contribution is -2.47. The summed E-state index contributed by atoms with van der Waals surface area (Å²) >= 11 is 0. The average molecular weight is 339 g/mol. The van der Waals surface area contributed by atoms with Crippen LogP contribution in [-0.4, -0.2) is 20.9 Å². The minimum Gasteiger partial charge on any atom is -0.283 e. The smallest absolute Gasteiger partial charge is 0.151 e. The topological polar surface area (TPSA) is 30.2 Å². The summed E-state index contributed by atoms with van der Waals surface area (Å²) in [6, 6.07) is 9.83. The summed E-state index contributed by atoms with van der Waals surface area (Å²) in [5.41, 5.74) is 1.21. The van der Waals surface area contributed by atoms with Crippen LogP contribution in [0.15, 0.2) is 47.7 Å². The maximum atomic E-state index is 14.8. The summed E-state index contributed by atoms with van der Waals surface area (Å²) in [4.78, 5) is 9.11. The Hall–Kier alpha value is -2.56. The van der Waals surface area contributed by atoms with Crippen LogP contribution >= 0.6 is 0 Å². The molecule has 0 saturated heterocycles. The molecule has 1 aliphatic heterocycles. The molecule has 0 spiro atoms. The van der Waals surface area contributed by atoms with Gasteiger partial charge in [-0.2, -0.15) is 0 Å². The Morgan fingerprint density at radius 2 is 1.60 bits per heavy atom. The Bertz CT molecular complexity index is 1030. The van der Waals surface area contributed by atoms with E-state index in [1.165, 1.54) is 12.1 Å². The van der Waals surface area contributed by atoms with Gasteiger partial charge < -0.3 is 0 Å². The largest absolute Gasteiger partial charge is 0.283 e. The third-order valence-electron chi connectivity index (χ3n) is 5.55. The van der Waals surface area contributed by atoms with E-state index in [4.69, 9.17) is 4.99 Å². The number of halogens is 2. The van der Waals surface area contributed by atoms with Crippen LogP contribution in [0.5, 0.6) is 0 Å². The van der Waals surface area contributed by atoms with Crippen LogP contribution in [0.2, 0.25) is 0 Å². The van der Waals surface area contributed by atoms with E-state index in [1.807, 2.05) is 33.8 Å². The first-order chi connectivity index (χ1) is 11.7. The predicted octanol–water partition coefficient (Wildman–Crippen LogP) is 4.68. The molecule has 4 rings (SSSR count). The summed E-state index contributed by atoms with van der Waals surface area (Å²) in [5.74, 6) is -0.0442. The second-order valence-electron chi connectivity index (χ2n) is 7.50. The third kappa shape index (κ3) is 2.08. The van der Waals surface area contributed by atoms with Gasteiger partial charge in [0.1, 0.15) is 23.5 Å². The zero-order valence-electron chi connectivity index (χ0n) is 14.6. The molecule has 128 valence electrons. The summed E-state index contributed by atoms with van der Waals surface area (Å²) in [6.07, 6.45) is 1.55. The van der Waals surface area contributed by atoms with Crippen molar-refractivity contribution in [3.8, 4) is 0 Å². The third-order valence-corrected chi connectivity index (χ3v) is 5.55. The van der Waals surface area contributed by atoms with E-state index in [0.717, 1.165) is 0 Å². The molecule has 0 fully saturated rings. The van der Waals surface area contributed by atoms with Crippen LogP contribution in [0.1, 0.15) is 38.8 Å². The fourth-order valence-corrected chi connectivity index (χ4v) is 3.47. The highest BCUT2D eigenvalue weighted by molar-refractivity contribution is 6.07. The van der Waals surface area contributed by atoms with Gasteiger partial charge in [-0.15, -0.1) is 0 Å². The van der Waals surface area contributed by atoms with Crippen molar-refractivity contribution in [3.05, 3.63) is 65.5 Å². The number of rotatable bonds is 0. The monoisotopic (exact) mass is 339 g/mol. The molecule has 0 unspecified atom stereocenters. The Morgan fingerprint density at radius 3 is 2.36 bits per heavy atom. The first-order valence-electron chi connectivity index (χ1n) is 8.25. The van der Waals surface area contributed by atoms with Crippen LogP contribution in [0.3, 0.4) is 0 Å². The van der Waals surface area contributed by atoms with Gasteiger partial charge in [0.2, 0.25) is 0 Å². The molecule has 3 nitrogen and oxygen atoms in total. The summed E-state index contributed by atoms with van der Waals surface area (Å²) < 4.78 is 30.5. The van der Waals surface area contributed by atoms with Crippen molar-refractivity contribution in [1.82, 2.24) is 9.55 Å². The lowest BCUT2D eigenvalue weighted by atomic mass is 9.66. The highest BCUT2D eigenvalue weighted by atomic mass is 19.1. The molecule has 0 atom stereocenters. The highest BCUT2D eigenvalue weighted by Crippen LogP contribution is 2.44. The molecule has 5 heteroatoms. The van der Waals surface area contributed by atoms with Crippen LogP contribution in [0.25, 0.3) is 11.0 Å². The second kappa shape index (κ2) is 4.97.